The number of carbonyl (C=O) groups is 2. The van der Waals surface area contributed by atoms with E-state index in [1.165, 1.54) is 19.2 Å². The Labute approximate surface area is 161 Å². The Balaban J connectivity index is 2.01. The first-order valence-corrected chi connectivity index (χ1v) is 8.61. The number of imide groups is 1. The SMILES string of the molecule is COc1cc(Cl)c(N2C(=O)NC(C(C)(C)c3ccncc3)C2=O)c(Cl)c1. The number of methoxy groups -OCH3 is 1. The molecular weight excluding hydrogens is 377 g/mol. The number of pyridine rings is 1. The van der Waals surface area contributed by atoms with Gasteiger partial charge in [-0.25, -0.2) is 9.69 Å². The van der Waals surface area contributed by atoms with Crippen LogP contribution in [0.25, 0.3) is 0 Å². The van der Waals surface area contributed by atoms with Crippen LogP contribution in [0.2, 0.25) is 10.0 Å². The van der Waals surface area contributed by atoms with E-state index < -0.39 is 23.4 Å². The van der Waals surface area contributed by atoms with Crippen molar-refractivity contribution in [2.24, 2.45) is 0 Å². The third-order valence-corrected chi connectivity index (χ3v) is 5.11. The number of hydrogen-bond acceptors (Lipinski definition) is 4. The van der Waals surface area contributed by atoms with Gasteiger partial charge in [0, 0.05) is 29.9 Å². The number of anilines is 1. The van der Waals surface area contributed by atoms with Crippen molar-refractivity contribution in [3.63, 3.8) is 0 Å². The molecule has 0 radical (unpaired) electrons. The molecule has 2 heterocycles. The lowest BCUT2D eigenvalue weighted by atomic mass is 9.78. The number of carbonyl (C=O) groups excluding carboxylic acids is 2. The summed E-state index contributed by atoms with van der Waals surface area (Å²) < 4.78 is 5.10. The van der Waals surface area contributed by atoms with Gasteiger partial charge in [0.25, 0.3) is 5.91 Å². The van der Waals surface area contributed by atoms with E-state index in [-0.39, 0.29) is 15.7 Å². The van der Waals surface area contributed by atoms with Crippen molar-refractivity contribution >= 4 is 40.8 Å². The third-order valence-electron chi connectivity index (χ3n) is 4.53. The van der Waals surface area contributed by atoms with Crippen molar-refractivity contribution in [1.82, 2.24) is 10.3 Å². The van der Waals surface area contributed by atoms with Gasteiger partial charge in [0.2, 0.25) is 0 Å². The lowest BCUT2D eigenvalue weighted by Gasteiger charge is -2.30. The van der Waals surface area contributed by atoms with Crippen LogP contribution >= 0.6 is 23.2 Å². The predicted octanol–water partition coefficient (Wildman–Crippen LogP) is 3.80. The molecule has 136 valence electrons. The monoisotopic (exact) mass is 393 g/mol. The minimum atomic E-state index is -0.772. The highest BCUT2D eigenvalue weighted by Crippen LogP contribution is 2.40. The molecule has 1 unspecified atom stereocenters. The summed E-state index contributed by atoms with van der Waals surface area (Å²) in [5.41, 5.74) is 0.361. The normalized spacial score (nSPS) is 17.4. The van der Waals surface area contributed by atoms with Gasteiger partial charge in [-0.2, -0.15) is 0 Å². The number of amides is 3. The van der Waals surface area contributed by atoms with Gasteiger partial charge in [-0.3, -0.25) is 9.78 Å². The van der Waals surface area contributed by atoms with Crippen molar-refractivity contribution < 1.29 is 14.3 Å². The molecule has 3 amide bonds. The van der Waals surface area contributed by atoms with Gasteiger partial charge in [-0.15, -0.1) is 0 Å². The van der Waals surface area contributed by atoms with Crippen molar-refractivity contribution in [3.8, 4) is 5.75 Å². The van der Waals surface area contributed by atoms with Crippen molar-refractivity contribution in [2.45, 2.75) is 25.3 Å². The Bertz CT molecular complexity index is 848. The maximum atomic E-state index is 13.1. The molecule has 0 spiro atoms. The van der Waals surface area contributed by atoms with E-state index in [0.29, 0.717) is 5.75 Å². The number of urea groups is 1. The molecular formula is C18H17Cl2N3O3. The molecule has 26 heavy (non-hydrogen) atoms. The maximum absolute atomic E-state index is 13.1. The smallest absolute Gasteiger partial charge is 0.329 e. The Morgan fingerprint density at radius 1 is 1.15 bits per heavy atom. The van der Waals surface area contributed by atoms with Crippen molar-refractivity contribution in [1.29, 1.82) is 0 Å². The summed E-state index contributed by atoms with van der Waals surface area (Å²) >= 11 is 12.5. The summed E-state index contributed by atoms with van der Waals surface area (Å²) in [6, 6.07) is 5.29. The van der Waals surface area contributed by atoms with Crippen molar-refractivity contribution in [2.75, 3.05) is 12.0 Å². The molecule has 1 aromatic heterocycles. The first-order chi connectivity index (χ1) is 12.3. The first kappa shape index (κ1) is 18.5. The lowest BCUT2D eigenvalue weighted by molar-refractivity contribution is -0.119. The fraction of sp³-hybridized carbons (Fsp3) is 0.278. The Hall–Kier alpha value is -2.31. The molecule has 8 heteroatoms. The van der Waals surface area contributed by atoms with E-state index in [1.54, 1.807) is 12.4 Å². The molecule has 1 fully saturated rings. The van der Waals surface area contributed by atoms with E-state index >= 15 is 0 Å². The highest BCUT2D eigenvalue weighted by atomic mass is 35.5. The van der Waals surface area contributed by atoms with E-state index in [9.17, 15) is 9.59 Å². The van der Waals surface area contributed by atoms with Gasteiger partial charge in [-0.05, 0) is 17.7 Å². The van der Waals surface area contributed by atoms with Crippen LogP contribution in [0.1, 0.15) is 19.4 Å². The molecule has 1 aliphatic rings. The van der Waals surface area contributed by atoms with Gasteiger partial charge in [-0.1, -0.05) is 37.0 Å². The molecule has 1 atom stereocenters. The maximum Gasteiger partial charge on any atom is 0.329 e. The second-order valence-electron chi connectivity index (χ2n) is 6.45. The topological polar surface area (TPSA) is 71.5 Å². The number of benzene rings is 1. The highest BCUT2D eigenvalue weighted by Gasteiger charge is 2.48. The van der Waals surface area contributed by atoms with Crippen LogP contribution in [0.4, 0.5) is 10.5 Å². The van der Waals surface area contributed by atoms with Gasteiger partial charge < -0.3 is 10.1 Å². The average Bonchev–Trinajstić information content (AvgIpc) is 2.91. The van der Waals surface area contributed by atoms with Gasteiger partial charge in [0.15, 0.2) is 0 Å². The summed E-state index contributed by atoms with van der Waals surface area (Å²) in [7, 11) is 1.47. The Morgan fingerprint density at radius 2 is 1.73 bits per heavy atom. The van der Waals surface area contributed by atoms with Crippen LogP contribution in [0, 0.1) is 0 Å². The molecule has 1 aliphatic heterocycles. The summed E-state index contributed by atoms with van der Waals surface area (Å²) in [6.07, 6.45) is 3.29. The van der Waals surface area contributed by atoms with Crippen LogP contribution in [0.5, 0.6) is 5.75 Å². The predicted molar refractivity (Wildman–Crippen MR) is 100 cm³/mol. The van der Waals surface area contributed by atoms with E-state index in [4.69, 9.17) is 27.9 Å². The van der Waals surface area contributed by atoms with E-state index in [2.05, 4.69) is 10.3 Å². The van der Waals surface area contributed by atoms with Gasteiger partial charge in [0.1, 0.15) is 11.8 Å². The Kier molecular flexibility index (Phi) is 4.82. The summed E-state index contributed by atoms with van der Waals surface area (Å²) in [6.45, 7) is 3.76. The Morgan fingerprint density at radius 3 is 2.27 bits per heavy atom. The van der Waals surface area contributed by atoms with Crippen molar-refractivity contribution in [3.05, 3.63) is 52.3 Å². The number of hydrogen-bond donors (Lipinski definition) is 1. The summed E-state index contributed by atoms with van der Waals surface area (Å²) in [5, 5.41) is 3.05. The number of halogens is 2. The zero-order chi connectivity index (χ0) is 19.1. The number of nitrogens with zero attached hydrogens (tertiary/aromatic N) is 2. The molecule has 6 nitrogen and oxygen atoms in total. The number of nitrogens with one attached hydrogen (secondary N) is 1. The molecule has 0 aliphatic carbocycles. The summed E-state index contributed by atoms with van der Waals surface area (Å²) in [4.78, 5) is 30.6. The standard InChI is InChI=1S/C18H17Cl2N3O3/c1-18(2,10-4-6-21-7-5-10)15-16(24)23(17(25)22-15)14-12(19)8-11(26-3)9-13(14)20/h4-9,15H,1-3H3,(H,22,25). The fourth-order valence-electron chi connectivity index (χ4n) is 3.00. The van der Waals surface area contributed by atoms with Crippen LogP contribution in [0.3, 0.4) is 0 Å². The highest BCUT2D eigenvalue weighted by molar-refractivity contribution is 6.42. The zero-order valence-electron chi connectivity index (χ0n) is 14.4. The molecule has 0 bridgehead atoms. The second-order valence-corrected chi connectivity index (χ2v) is 7.27. The molecule has 1 saturated heterocycles. The number of rotatable bonds is 4. The van der Waals surface area contributed by atoms with Crippen LogP contribution in [-0.2, 0) is 10.2 Å². The quantitative estimate of drug-likeness (QED) is 0.801. The largest absolute Gasteiger partial charge is 0.497 e. The molecule has 1 N–H and O–H groups in total. The number of aromatic nitrogens is 1. The zero-order valence-corrected chi connectivity index (χ0v) is 15.9. The van der Waals surface area contributed by atoms with Gasteiger partial charge >= 0.3 is 6.03 Å². The average molecular weight is 394 g/mol. The van der Waals surface area contributed by atoms with E-state index in [0.717, 1.165) is 10.5 Å². The van der Waals surface area contributed by atoms with Gasteiger partial charge in [0.05, 0.1) is 22.8 Å². The van der Waals surface area contributed by atoms with Crippen LogP contribution in [0.15, 0.2) is 36.7 Å². The number of ether oxygens (including phenoxy) is 1. The third kappa shape index (κ3) is 2.99. The van der Waals surface area contributed by atoms with Crippen LogP contribution < -0.4 is 15.0 Å². The first-order valence-electron chi connectivity index (χ1n) is 7.85. The lowest BCUT2D eigenvalue weighted by Crippen LogP contribution is -2.46. The second kappa shape index (κ2) is 6.78. The molecule has 0 saturated carbocycles. The molecule has 2 aromatic rings. The molecule has 1 aromatic carbocycles. The fourth-order valence-corrected chi connectivity index (χ4v) is 3.64. The minimum absolute atomic E-state index is 0.143. The molecule has 3 rings (SSSR count). The minimum Gasteiger partial charge on any atom is -0.497 e. The van der Waals surface area contributed by atoms with Crippen LogP contribution in [-0.4, -0.2) is 30.1 Å². The van der Waals surface area contributed by atoms with E-state index in [1.807, 2.05) is 26.0 Å². The summed E-state index contributed by atoms with van der Waals surface area (Å²) in [5.74, 6) is 0.00949.